The molecule has 2 heterocycles. The van der Waals surface area contributed by atoms with Crippen LogP contribution in [-0.2, 0) is 13.0 Å². The van der Waals surface area contributed by atoms with E-state index in [0.29, 0.717) is 6.54 Å². The fourth-order valence-corrected chi connectivity index (χ4v) is 3.85. The second-order valence-electron chi connectivity index (χ2n) is 6.80. The number of halogens is 1. The summed E-state index contributed by atoms with van der Waals surface area (Å²) in [5.41, 5.74) is 0.961. The molecule has 0 saturated heterocycles. The number of para-hydroxylation sites is 1. The van der Waals surface area contributed by atoms with Gasteiger partial charge in [-0.3, -0.25) is 4.99 Å². The number of thiazole rings is 1. The number of benzene rings is 1. The molecule has 1 unspecified atom stereocenters. The van der Waals surface area contributed by atoms with E-state index in [2.05, 4.69) is 47.4 Å². The molecule has 0 saturated carbocycles. The molecular formula is C19H27IN4OS. The van der Waals surface area contributed by atoms with Crippen LogP contribution in [0, 0.1) is 0 Å². The number of nitrogens with zero attached hydrogens (tertiary/aromatic N) is 2. The zero-order valence-corrected chi connectivity index (χ0v) is 18.9. The monoisotopic (exact) mass is 486 g/mol. The highest BCUT2D eigenvalue weighted by Crippen LogP contribution is 2.39. The molecule has 0 aliphatic carbocycles. The van der Waals surface area contributed by atoms with E-state index >= 15 is 0 Å². The van der Waals surface area contributed by atoms with Gasteiger partial charge >= 0.3 is 0 Å². The van der Waals surface area contributed by atoms with Gasteiger partial charge in [0.15, 0.2) is 5.96 Å². The first kappa shape index (κ1) is 21.0. The van der Waals surface area contributed by atoms with Crippen molar-refractivity contribution in [2.24, 2.45) is 4.99 Å². The molecule has 1 aliphatic heterocycles. The maximum atomic E-state index is 6.10. The van der Waals surface area contributed by atoms with E-state index in [0.717, 1.165) is 29.6 Å². The van der Waals surface area contributed by atoms with E-state index in [9.17, 15) is 0 Å². The maximum Gasteiger partial charge on any atom is 0.191 e. The van der Waals surface area contributed by atoms with Gasteiger partial charge in [0, 0.05) is 30.1 Å². The first-order valence-electron chi connectivity index (χ1n) is 8.69. The van der Waals surface area contributed by atoms with Gasteiger partial charge in [0.2, 0.25) is 0 Å². The fourth-order valence-electron chi connectivity index (χ4n) is 3.04. The number of nitrogens with one attached hydrogen (secondary N) is 2. The summed E-state index contributed by atoms with van der Waals surface area (Å²) in [5.74, 6) is 1.73. The van der Waals surface area contributed by atoms with E-state index in [1.807, 2.05) is 24.4 Å². The maximum absolute atomic E-state index is 6.10. The molecule has 3 rings (SSSR count). The number of hydrogen-bond donors (Lipinski definition) is 2. The lowest BCUT2D eigenvalue weighted by Crippen LogP contribution is -2.45. The van der Waals surface area contributed by atoms with Crippen molar-refractivity contribution in [3.8, 4) is 5.75 Å². The average molecular weight is 486 g/mol. The van der Waals surface area contributed by atoms with Gasteiger partial charge in [0.25, 0.3) is 0 Å². The second-order valence-corrected chi connectivity index (χ2v) is 8.00. The summed E-state index contributed by atoms with van der Waals surface area (Å²) >= 11 is 1.74. The van der Waals surface area contributed by atoms with Crippen molar-refractivity contribution in [2.75, 3.05) is 7.05 Å². The van der Waals surface area contributed by atoms with Crippen molar-refractivity contribution < 1.29 is 4.74 Å². The molecule has 0 radical (unpaired) electrons. The number of fused-ring (bicyclic) bond motifs is 1. The van der Waals surface area contributed by atoms with Crippen molar-refractivity contribution >= 4 is 41.3 Å². The number of rotatable bonds is 4. The van der Waals surface area contributed by atoms with Crippen LogP contribution in [0.5, 0.6) is 5.75 Å². The molecule has 1 aromatic carbocycles. The lowest BCUT2D eigenvalue weighted by atomic mass is 9.90. The molecule has 1 aliphatic rings. The molecular weight excluding hydrogens is 459 g/mol. The first-order valence-corrected chi connectivity index (χ1v) is 9.51. The summed E-state index contributed by atoms with van der Waals surface area (Å²) in [4.78, 5) is 10.1. The first-order chi connectivity index (χ1) is 12.0. The highest BCUT2D eigenvalue weighted by molar-refractivity contribution is 14.0. The standard InChI is InChI=1S/C19H26N4OS.HI/c1-5-13-11-21-17(25-13)12-22-18(20-4)23-15-10-19(2,3)24-16-9-7-6-8-14(15)16;/h6-9,11,15H,5,10,12H2,1-4H3,(H2,20,22,23);1H. The van der Waals surface area contributed by atoms with Gasteiger partial charge in [0.05, 0.1) is 12.6 Å². The molecule has 5 nitrogen and oxygen atoms in total. The molecule has 2 N–H and O–H groups in total. The largest absolute Gasteiger partial charge is 0.487 e. The lowest BCUT2D eigenvalue weighted by Gasteiger charge is -2.38. The van der Waals surface area contributed by atoms with Crippen LogP contribution in [0.4, 0.5) is 0 Å². The number of guanidine groups is 1. The van der Waals surface area contributed by atoms with Crippen LogP contribution in [0.3, 0.4) is 0 Å². The Kier molecular flexibility index (Phi) is 7.28. The third-order valence-corrected chi connectivity index (χ3v) is 5.41. The van der Waals surface area contributed by atoms with Crippen LogP contribution in [-0.4, -0.2) is 23.6 Å². The van der Waals surface area contributed by atoms with E-state index in [1.165, 1.54) is 10.4 Å². The van der Waals surface area contributed by atoms with E-state index < -0.39 is 0 Å². The Morgan fingerprint density at radius 1 is 1.38 bits per heavy atom. The van der Waals surface area contributed by atoms with Gasteiger partial charge < -0.3 is 15.4 Å². The molecule has 0 fully saturated rings. The van der Waals surface area contributed by atoms with Crippen molar-refractivity contribution in [2.45, 2.75) is 51.8 Å². The normalized spacial score (nSPS) is 18.3. The molecule has 1 aromatic heterocycles. The highest BCUT2D eigenvalue weighted by Gasteiger charge is 2.33. The third-order valence-electron chi connectivity index (χ3n) is 4.27. The quantitative estimate of drug-likeness (QED) is 0.385. The van der Waals surface area contributed by atoms with Gasteiger partial charge in [-0.2, -0.15) is 0 Å². The van der Waals surface area contributed by atoms with Gasteiger partial charge in [-0.1, -0.05) is 25.1 Å². The molecule has 2 aromatic rings. The molecule has 142 valence electrons. The summed E-state index contributed by atoms with van der Waals surface area (Å²) in [7, 11) is 1.80. The minimum Gasteiger partial charge on any atom is -0.487 e. The van der Waals surface area contributed by atoms with Gasteiger partial charge in [0.1, 0.15) is 16.4 Å². The zero-order valence-electron chi connectivity index (χ0n) is 15.7. The van der Waals surface area contributed by atoms with E-state index in [4.69, 9.17) is 4.74 Å². The van der Waals surface area contributed by atoms with Crippen LogP contribution >= 0.6 is 35.3 Å². The topological polar surface area (TPSA) is 58.5 Å². The predicted octanol–water partition coefficient (Wildman–Crippen LogP) is 4.29. The van der Waals surface area contributed by atoms with Crippen LogP contribution in [0.25, 0.3) is 0 Å². The van der Waals surface area contributed by atoms with Crippen molar-refractivity contribution in [1.29, 1.82) is 0 Å². The smallest absolute Gasteiger partial charge is 0.191 e. The molecule has 0 spiro atoms. The van der Waals surface area contributed by atoms with Crippen molar-refractivity contribution in [1.82, 2.24) is 15.6 Å². The number of aryl methyl sites for hydroxylation is 1. The zero-order chi connectivity index (χ0) is 17.9. The molecule has 7 heteroatoms. The van der Waals surface area contributed by atoms with Gasteiger partial charge in [-0.05, 0) is 26.3 Å². The number of aliphatic imine (C=N–C) groups is 1. The van der Waals surface area contributed by atoms with Crippen LogP contribution in [0.15, 0.2) is 35.5 Å². The van der Waals surface area contributed by atoms with Crippen molar-refractivity contribution in [3.63, 3.8) is 0 Å². The second kappa shape index (κ2) is 9.03. The Bertz CT molecular complexity index is 760. The lowest BCUT2D eigenvalue weighted by molar-refractivity contribution is 0.0694. The van der Waals surface area contributed by atoms with E-state index in [1.54, 1.807) is 18.4 Å². The molecule has 26 heavy (non-hydrogen) atoms. The Morgan fingerprint density at radius 3 is 2.85 bits per heavy atom. The number of hydrogen-bond acceptors (Lipinski definition) is 4. The summed E-state index contributed by atoms with van der Waals surface area (Å²) in [5, 5.41) is 8.00. The summed E-state index contributed by atoms with van der Waals surface area (Å²) in [6.07, 6.45) is 3.86. The number of aromatic nitrogens is 1. The molecule has 0 bridgehead atoms. The molecule has 0 amide bonds. The Labute approximate surface area is 176 Å². The Morgan fingerprint density at radius 2 is 2.15 bits per heavy atom. The summed E-state index contributed by atoms with van der Waals surface area (Å²) in [6, 6.07) is 8.37. The minimum absolute atomic E-state index is 0. The van der Waals surface area contributed by atoms with Gasteiger partial charge in [-0.15, -0.1) is 35.3 Å². The Hall–Kier alpha value is -1.35. The van der Waals surface area contributed by atoms with Crippen LogP contribution < -0.4 is 15.4 Å². The highest BCUT2D eigenvalue weighted by atomic mass is 127. The summed E-state index contributed by atoms with van der Waals surface area (Å²) < 4.78 is 6.10. The predicted molar refractivity (Wildman–Crippen MR) is 119 cm³/mol. The molecule has 1 atom stereocenters. The van der Waals surface area contributed by atoms with Crippen LogP contribution in [0.2, 0.25) is 0 Å². The summed E-state index contributed by atoms with van der Waals surface area (Å²) in [6.45, 7) is 7.07. The van der Waals surface area contributed by atoms with Crippen molar-refractivity contribution in [3.05, 3.63) is 45.9 Å². The van der Waals surface area contributed by atoms with Crippen LogP contribution in [0.1, 0.15) is 48.7 Å². The van der Waals surface area contributed by atoms with Gasteiger partial charge in [-0.25, -0.2) is 4.98 Å². The number of ether oxygens (including phenoxy) is 1. The third kappa shape index (κ3) is 5.09. The van der Waals surface area contributed by atoms with E-state index in [-0.39, 0.29) is 35.6 Å². The minimum atomic E-state index is -0.212. The fraction of sp³-hybridized carbons (Fsp3) is 0.474. The average Bonchev–Trinajstić information content (AvgIpc) is 3.05. The Balaban J connectivity index is 0.00000243. The SMILES string of the molecule is CCc1cnc(CNC(=NC)NC2CC(C)(C)Oc3ccccc32)s1.I.